The van der Waals surface area contributed by atoms with Crippen molar-refractivity contribution >= 4 is 11.9 Å². The van der Waals surface area contributed by atoms with Gasteiger partial charge in [0.25, 0.3) is 0 Å². The summed E-state index contributed by atoms with van der Waals surface area (Å²) in [5.74, 6) is -1.16. The summed E-state index contributed by atoms with van der Waals surface area (Å²) in [5, 5.41) is 8.88. The molecule has 0 aromatic carbocycles. The minimum absolute atomic E-state index is 0.0329. The van der Waals surface area contributed by atoms with Crippen LogP contribution in [0.1, 0.15) is 18.7 Å². The van der Waals surface area contributed by atoms with Crippen LogP contribution in [0.25, 0.3) is 11.6 Å². The van der Waals surface area contributed by atoms with Crippen molar-refractivity contribution in [3.05, 3.63) is 24.2 Å². The van der Waals surface area contributed by atoms with E-state index < -0.39 is 11.9 Å². The molecular weight excluding hydrogens is 224 g/mol. The molecule has 0 radical (unpaired) electrons. The number of rotatable bonds is 3. The number of nitrogen functional groups attached to an aromatic ring is 1. The summed E-state index contributed by atoms with van der Waals surface area (Å²) in [6.07, 6.45) is 1.47. The first kappa shape index (κ1) is 11.1. The molecule has 0 amide bonds. The molecule has 0 fully saturated rings. The minimum atomic E-state index is -1.03. The Kier molecular flexibility index (Phi) is 2.73. The third kappa shape index (κ3) is 2.22. The van der Waals surface area contributed by atoms with Crippen LogP contribution in [0.3, 0.4) is 0 Å². The predicted molar refractivity (Wildman–Crippen MR) is 58.0 cm³/mol. The zero-order valence-electron chi connectivity index (χ0n) is 8.99. The maximum Gasteiger partial charge on any atom is 0.313 e. The molecular formula is C10H10N4O3. The number of anilines is 1. The number of nitrogens with two attached hydrogens (primary N) is 1. The van der Waals surface area contributed by atoms with E-state index in [0.29, 0.717) is 5.76 Å². The van der Waals surface area contributed by atoms with Crippen molar-refractivity contribution in [1.29, 1.82) is 0 Å². The molecule has 7 heteroatoms. The van der Waals surface area contributed by atoms with E-state index >= 15 is 0 Å². The highest BCUT2D eigenvalue weighted by Crippen LogP contribution is 2.18. The Balaban J connectivity index is 2.46. The Morgan fingerprint density at radius 3 is 2.82 bits per heavy atom. The molecule has 2 aromatic heterocycles. The van der Waals surface area contributed by atoms with Crippen LogP contribution in [0.4, 0.5) is 5.95 Å². The summed E-state index contributed by atoms with van der Waals surface area (Å²) in [7, 11) is 0. The van der Waals surface area contributed by atoms with Gasteiger partial charge in [-0.15, -0.1) is 0 Å². The van der Waals surface area contributed by atoms with Gasteiger partial charge in [-0.25, -0.2) is 4.98 Å². The average molecular weight is 234 g/mol. The largest absolute Gasteiger partial charge is 0.481 e. The molecule has 2 rings (SSSR count). The summed E-state index contributed by atoms with van der Waals surface area (Å²) in [4.78, 5) is 22.5. The molecule has 1 atom stereocenters. The second kappa shape index (κ2) is 4.20. The molecule has 3 N–H and O–H groups in total. The second-order valence-corrected chi connectivity index (χ2v) is 3.41. The van der Waals surface area contributed by atoms with Crippen LogP contribution in [0.2, 0.25) is 0 Å². The molecule has 0 aliphatic rings. The van der Waals surface area contributed by atoms with Crippen molar-refractivity contribution in [2.75, 3.05) is 5.73 Å². The second-order valence-electron chi connectivity index (χ2n) is 3.41. The van der Waals surface area contributed by atoms with E-state index in [4.69, 9.17) is 15.3 Å². The van der Waals surface area contributed by atoms with Gasteiger partial charge in [0.15, 0.2) is 5.76 Å². The highest BCUT2D eigenvalue weighted by molar-refractivity contribution is 5.74. The van der Waals surface area contributed by atoms with Crippen molar-refractivity contribution in [3.8, 4) is 11.6 Å². The fraction of sp³-hybridized carbons (Fsp3) is 0.200. The number of furan rings is 1. The first-order chi connectivity index (χ1) is 8.08. The Morgan fingerprint density at radius 1 is 1.47 bits per heavy atom. The lowest BCUT2D eigenvalue weighted by Gasteiger charge is -2.06. The fourth-order valence-corrected chi connectivity index (χ4v) is 1.23. The van der Waals surface area contributed by atoms with E-state index in [2.05, 4.69) is 15.0 Å². The first-order valence-corrected chi connectivity index (χ1v) is 4.86. The van der Waals surface area contributed by atoms with E-state index in [1.54, 1.807) is 12.1 Å². The smallest absolute Gasteiger partial charge is 0.313 e. The van der Waals surface area contributed by atoms with Gasteiger partial charge >= 0.3 is 5.97 Å². The van der Waals surface area contributed by atoms with Gasteiger partial charge in [0.1, 0.15) is 11.7 Å². The average Bonchev–Trinajstić information content (AvgIpc) is 2.80. The van der Waals surface area contributed by atoms with E-state index in [1.165, 1.54) is 13.2 Å². The molecule has 0 aliphatic carbocycles. The van der Waals surface area contributed by atoms with E-state index in [9.17, 15) is 4.79 Å². The van der Waals surface area contributed by atoms with Gasteiger partial charge in [-0.05, 0) is 19.1 Å². The van der Waals surface area contributed by atoms with Crippen molar-refractivity contribution in [1.82, 2.24) is 15.0 Å². The summed E-state index contributed by atoms with van der Waals surface area (Å²) in [6.45, 7) is 1.48. The Hall–Kier alpha value is -2.44. The number of carbonyl (C=O) groups is 1. The molecule has 0 saturated carbocycles. The summed E-state index contributed by atoms with van der Waals surface area (Å²) >= 11 is 0. The molecule has 0 spiro atoms. The highest BCUT2D eigenvalue weighted by Gasteiger charge is 2.19. The Labute approximate surface area is 96.3 Å². The van der Waals surface area contributed by atoms with Crippen molar-refractivity contribution in [2.45, 2.75) is 12.8 Å². The molecule has 7 nitrogen and oxygen atoms in total. The minimum Gasteiger partial charge on any atom is -0.481 e. The van der Waals surface area contributed by atoms with E-state index in [-0.39, 0.29) is 17.6 Å². The van der Waals surface area contributed by atoms with Crippen LogP contribution in [0.15, 0.2) is 22.8 Å². The zero-order chi connectivity index (χ0) is 12.4. The number of hydrogen-bond acceptors (Lipinski definition) is 6. The van der Waals surface area contributed by atoms with Crippen LogP contribution < -0.4 is 5.73 Å². The van der Waals surface area contributed by atoms with Gasteiger partial charge in [0.05, 0.1) is 6.26 Å². The number of carboxylic acids is 1. The van der Waals surface area contributed by atoms with Crippen LogP contribution >= 0.6 is 0 Å². The molecule has 0 bridgehead atoms. The third-order valence-corrected chi connectivity index (χ3v) is 2.17. The predicted octanol–water partition coefficient (Wildman–Crippen LogP) is 0.902. The molecule has 2 aromatic rings. The van der Waals surface area contributed by atoms with Crippen LogP contribution in [0, 0.1) is 0 Å². The normalized spacial score (nSPS) is 12.3. The Morgan fingerprint density at radius 2 is 2.24 bits per heavy atom. The van der Waals surface area contributed by atoms with Crippen LogP contribution in [0.5, 0.6) is 0 Å². The van der Waals surface area contributed by atoms with Gasteiger partial charge in [-0.1, -0.05) is 0 Å². The van der Waals surface area contributed by atoms with Crippen LogP contribution in [-0.4, -0.2) is 26.0 Å². The quantitative estimate of drug-likeness (QED) is 0.810. The summed E-state index contributed by atoms with van der Waals surface area (Å²) < 4.78 is 5.11. The molecule has 17 heavy (non-hydrogen) atoms. The van der Waals surface area contributed by atoms with Crippen molar-refractivity contribution in [3.63, 3.8) is 0 Å². The maximum absolute atomic E-state index is 10.8. The Bertz CT molecular complexity index is 538. The van der Waals surface area contributed by atoms with Gasteiger partial charge in [0.2, 0.25) is 11.8 Å². The van der Waals surface area contributed by atoms with E-state index in [0.717, 1.165) is 0 Å². The lowest BCUT2D eigenvalue weighted by molar-refractivity contribution is -0.138. The fourth-order valence-electron chi connectivity index (χ4n) is 1.23. The monoisotopic (exact) mass is 234 g/mol. The molecule has 1 unspecified atom stereocenters. The standard InChI is InChI=1S/C10H10N4O3/c1-5(9(15)16)7-12-8(14-10(11)13-7)6-3-2-4-17-6/h2-5H,1H3,(H,15,16)(H2,11,12,13,14). The lowest BCUT2D eigenvalue weighted by atomic mass is 10.2. The number of hydrogen-bond donors (Lipinski definition) is 2. The topological polar surface area (TPSA) is 115 Å². The number of carboxylic acid groups (broad SMARTS) is 1. The third-order valence-electron chi connectivity index (χ3n) is 2.17. The van der Waals surface area contributed by atoms with Gasteiger partial charge < -0.3 is 15.3 Å². The molecule has 0 saturated heterocycles. The van der Waals surface area contributed by atoms with Crippen LogP contribution in [-0.2, 0) is 4.79 Å². The van der Waals surface area contributed by atoms with E-state index in [1.807, 2.05) is 0 Å². The number of aliphatic carboxylic acids is 1. The lowest BCUT2D eigenvalue weighted by Crippen LogP contribution is -2.14. The molecule has 0 aliphatic heterocycles. The zero-order valence-corrected chi connectivity index (χ0v) is 8.99. The van der Waals surface area contributed by atoms with Crippen molar-refractivity contribution < 1.29 is 14.3 Å². The first-order valence-electron chi connectivity index (χ1n) is 4.86. The number of aromatic nitrogens is 3. The summed E-state index contributed by atoms with van der Waals surface area (Å²) in [5.41, 5.74) is 5.51. The van der Waals surface area contributed by atoms with Gasteiger partial charge in [-0.3, -0.25) is 4.79 Å². The van der Waals surface area contributed by atoms with Crippen molar-refractivity contribution in [2.24, 2.45) is 0 Å². The van der Waals surface area contributed by atoms with Gasteiger partial charge in [-0.2, -0.15) is 9.97 Å². The SMILES string of the molecule is CC(C(=O)O)c1nc(N)nc(-c2ccco2)n1. The summed E-state index contributed by atoms with van der Waals surface area (Å²) in [6, 6.07) is 3.33. The maximum atomic E-state index is 10.8. The molecule has 2 heterocycles. The number of nitrogens with zero attached hydrogens (tertiary/aromatic N) is 3. The highest BCUT2D eigenvalue weighted by atomic mass is 16.4. The molecule has 88 valence electrons. The van der Waals surface area contributed by atoms with Gasteiger partial charge in [0, 0.05) is 0 Å².